The molecule has 1 unspecified atom stereocenters. The molecule has 17 heavy (non-hydrogen) atoms. The van der Waals surface area contributed by atoms with E-state index in [2.05, 4.69) is 0 Å². The largest absolute Gasteiger partial charge is 0.399 e. The molecule has 6 heteroatoms. The molecule has 0 bridgehead atoms. The van der Waals surface area contributed by atoms with Crippen LogP contribution in [0.1, 0.15) is 24.8 Å². The normalized spacial score (nSPS) is 13.1. The summed E-state index contributed by atoms with van der Waals surface area (Å²) in [6.07, 6.45) is 1.08. The summed E-state index contributed by atoms with van der Waals surface area (Å²) in [6, 6.07) is 7.15. The van der Waals surface area contributed by atoms with E-state index in [4.69, 9.17) is 5.73 Å². The van der Waals surface area contributed by atoms with Gasteiger partial charge in [0.05, 0.1) is 6.26 Å². The third-order valence-corrected chi connectivity index (χ3v) is 2.89. The number of carbonyl (C=O) groups is 1. The lowest BCUT2D eigenvalue weighted by molar-refractivity contribution is -0.119. The molecule has 1 amide bonds. The van der Waals surface area contributed by atoms with Gasteiger partial charge in [0, 0.05) is 12.1 Å². The molecule has 0 aliphatic carbocycles. The fourth-order valence-electron chi connectivity index (χ4n) is 1.47. The predicted octanol–water partition coefficient (Wildman–Crippen LogP) is 0.838. The van der Waals surface area contributed by atoms with Crippen LogP contribution in [0.25, 0.3) is 0 Å². The Hall–Kier alpha value is -1.56. The quantitative estimate of drug-likeness (QED) is 0.781. The number of nitrogen functional groups attached to an aromatic ring is 1. The highest BCUT2D eigenvalue weighted by Crippen LogP contribution is 2.19. The molecular formula is C11H16N2O3S. The van der Waals surface area contributed by atoms with Crippen molar-refractivity contribution in [2.24, 2.45) is 0 Å². The van der Waals surface area contributed by atoms with Crippen molar-refractivity contribution in [3.8, 4) is 0 Å². The van der Waals surface area contributed by atoms with Crippen LogP contribution < -0.4 is 10.5 Å². The van der Waals surface area contributed by atoms with Gasteiger partial charge in [0.1, 0.15) is 0 Å². The van der Waals surface area contributed by atoms with Gasteiger partial charge in [-0.1, -0.05) is 19.1 Å². The van der Waals surface area contributed by atoms with Crippen molar-refractivity contribution in [2.45, 2.75) is 19.3 Å². The van der Waals surface area contributed by atoms with Crippen molar-refractivity contribution in [1.29, 1.82) is 0 Å². The Balaban J connectivity index is 2.63. The molecule has 5 nitrogen and oxygen atoms in total. The van der Waals surface area contributed by atoms with Crippen molar-refractivity contribution >= 4 is 21.6 Å². The molecule has 0 aliphatic rings. The van der Waals surface area contributed by atoms with Crippen LogP contribution in [0.15, 0.2) is 24.3 Å². The molecule has 0 aliphatic heterocycles. The lowest BCUT2D eigenvalue weighted by atomic mass is 9.97. The Labute approximate surface area is 101 Å². The van der Waals surface area contributed by atoms with Gasteiger partial charge in [-0.25, -0.2) is 8.42 Å². The summed E-state index contributed by atoms with van der Waals surface area (Å²) in [5.74, 6) is -0.561. The molecule has 0 heterocycles. The number of benzene rings is 1. The molecular weight excluding hydrogens is 240 g/mol. The first-order valence-corrected chi connectivity index (χ1v) is 7.03. The minimum Gasteiger partial charge on any atom is -0.399 e. The standard InChI is InChI=1S/C11H16N2O3S/c1-8(7-11(14)13-17(2,15)16)9-3-5-10(12)6-4-9/h3-6,8H,7,12H2,1-2H3,(H,13,14). The Morgan fingerprint density at radius 1 is 1.35 bits per heavy atom. The molecule has 0 fully saturated rings. The minimum atomic E-state index is -3.48. The van der Waals surface area contributed by atoms with Gasteiger partial charge in [0.2, 0.25) is 15.9 Å². The summed E-state index contributed by atoms with van der Waals surface area (Å²) < 4.78 is 23.7. The lowest BCUT2D eigenvalue weighted by Crippen LogP contribution is -2.30. The van der Waals surface area contributed by atoms with Crippen molar-refractivity contribution in [3.63, 3.8) is 0 Å². The second-order valence-corrected chi connectivity index (χ2v) is 5.82. The molecule has 1 aromatic carbocycles. The topological polar surface area (TPSA) is 89.3 Å². The summed E-state index contributed by atoms with van der Waals surface area (Å²) in [7, 11) is -3.48. The summed E-state index contributed by atoms with van der Waals surface area (Å²) >= 11 is 0. The first kappa shape index (κ1) is 13.5. The van der Waals surface area contributed by atoms with Crippen LogP contribution in [0.5, 0.6) is 0 Å². The van der Waals surface area contributed by atoms with Gasteiger partial charge in [0.15, 0.2) is 0 Å². The zero-order valence-corrected chi connectivity index (χ0v) is 10.6. The van der Waals surface area contributed by atoms with Gasteiger partial charge < -0.3 is 5.73 Å². The number of hydrogen-bond donors (Lipinski definition) is 2. The smallest absolute Gasteiger partial charge is 0.234 e. The Kier molecular flexibility index (Phi) is 4.11. The van der Waals surface area contributed by atoms with Crippen LogP contribution in [0.4, 0.5) is 5.69 Å². The number of nitrogens with two attached hydrogens (primary N) is 1. The first-order valence-electron chi connectivity index (χ1n) is 5.14. The van der Waals surface area contributed by atoms with Crippen LogP contribution in [-0.4, -0.2) is 20.6 Å². The van der Waals surface area contributed by atoms with Crippen molar-refractivity contribution in [2.75, 3.05) is 12.0 Å². The van der Waals surface area contributed by atoms with E-state index in [0.29, 0.717) is 5.69 Å². The van der Waals surface area contributed by atoms with E-state index in [1.54, 1.807) is 12.1 Å². The summed E-state index contributed by atoms with van der Waals surface area (Å²) in [4.78, 5) is 11.4. The fourth-order valence-corrected chi connectivity index (χ4v) is 1.97. The van der Waals surface area contributed by atoms with Crippen molar-refractivity contribution in [1.82, 2.24) is 4.72 Å². The van der Waals surface area contributed by atoms with E-state index in [1.165, 1.54) is 0 Å². The van der Waals surface area contributed by atoms with Crippen LogP contribution in [0, 0.1) is 0 Å². The van der Waals surface area contributed by atoms with Crippen LogP contribution in [0.2, 0.25) is 0 Å². The average molecular weight is 256 g/mol. The molecule has 1 rings (SSSR count). The van der Waals surface area contributed by atoms with E-state index in [9.17, 15) is 13.2 Å². The van der Waals surface area contributed by atoms with Crippen molar-refractivity contribution in [3.05, 3.63) is 29.8 Å². The maximum atomic E-state index is 11.4. The van der Waals surface area contributed by atoms with Gasteiger partial charge in [-0.2, -0.15) is 0 Å². The molecule has 0 saturated heterocycles. The number of amides is 1. The molecule has 0 radical (unpaired) electrons. The highest BCUT2D eigenvalue weighted by molar-refractivity contribution is 7.89. The van der Waals surface area contributed by atoms with Gasteiger partial charge in [-0.15, -0.1) is 0 Å². The summed E-state index contributed by atoms with van der Waals surface area (Å²) in [6.45, 7) is 1.85. The maximum absolute atomic E-state index is 11.4. The van der Waals surface area contributed by atoms with Crippen LogP contribution in [-0.2, 0) is 14.8 Å². The predicted molar refractivity (Wildman–Crippen MR) is 66.9 cm³/mol. The number of nitrogens with one attached hydrogen (secondary N) is 1. The van der Waals surface area contributed by atoms with E-state index in [0.717, 1.165) is 11.8 Å². The number of rotatable bonds is 4. The van der Waals surface area contributed by atoms with Crippen LogP contribution >= 0.6 is 0 Å². The summed E-state index contributed by atoms with van der Waals surface area (Å²) in [5.41, 5.74) is 7.15. The Morgan fingerprint density at radius 3 is 2.35 bits per heavy atom. The maximum Gasteiger partial charge on any atom is 0.234 e. The number of hydrogen-bond acceptors (Lipinski definition) is 4. The van der Waals surface area contributed by atoms with Crippen LogP contribution in [0.3, 0.4) is 0 Å². The average Bonchev–Trinajstić information content (AvgIpc) is 2.15. The SMILES string of the molecule is CC(CC(=O)NS(C)(=O)=O)c1ccc(N)cc1. The molecule has 94 valence electrons. The lowest BCUT2D eigenvalue weighted by Gasteiger charge is -2.11. The van der Waals surface area contributed by atoms with Gasteiger partial charge in [0.25, 0.3) is 0 Å². The zero-order chi connectivity index (χ0) is 13.1. The Bertz CT molecular complexity index is 494. The van der Waals surface area contributed by atoms with E-state index < -0.39 is 15.9 Å². The molecule has 0 spiro atoms. The third-order valence-electron chi connectivity index (χ3n) is 2.30. The zero-order valence-electron chi connectivity index (χ0n) is 9.80. The first-order chi connectivity index (χ1) is 7.78. The van der Waals surface area contributed by atoms with E-state index in [1.807, 2.05) is 23.8 Å². The number of anilines is 1. The molecule has 0 saturated carbocycles. The van der Waals surface area contributed by atoms with E-state index >= 15 is 0 Å². The second kappa shape index (κ2) is 5.18. The van der Waals surface area contributed by atoms with E-state index in [-0.39, 0.29) is 12.3 Å². The van der Waals surface area contributed by atoms with Crippen molar-refractivity contribution < 1.29 is 13.2 Å². The minimum absolute atomic E-state index is 0.0580. The van der Waals surface area contributed by atoms with Gasteiger partial charge in [-0.3, -0.25) is 9.52 Å². The second-order valence-electron chi connectivity index (χ2n) is 4.07. The molecule has 1 atom stereocenters. The number of carbonyl (C=O) groups excluding carboxylic acids is 1. The third kappa shape index (κ3) is 4.86. The molecule has 0 aromatic heterocycles. The molecule has 1 aromatic rings. The van der Waals surface area contributed by atoms with Gasteiger partial charge in [-0.05, 0) is 23.6 Å². The monoisotopic (exact) mass is 256 g/mol. The molecule has 3 N–H and O–H groups in total. The fraction of sp³-hybridized carbons (Fsp3) is 0.364. The highest BCUT2D eigenvalue weighted by atomic mass is 32.2. The Morgan fingerprint density at radius 2 is 1.88 bits per heavy atom. The highest BCUT2D eigenvalue weighted by Gasteiger charge is 2.14. The summed E-state index contributed by atoms with van der Waals surface area (Å²) in [5, 5.41) is 0. The number of sulfonamides is 1. The van der Waals surface area contributed by atoms with Gasteiger partial charge >= 0.3 is 0 Å².